The van der Waals surface area contributed by atoms with Crippen molar-refractivity contribution in [2.75, 3.05) is 6.54 Å². The molecule has 17 heavy (non-hydrogen) atoms. The summed E-state index contributed by atoms with van der Waals surface area (Å²) in [6.45, 7) is 0.715. The zero-order chi connectivity index (χ0) is 12.1. The molecule has 88 valence electrons. The van der Waals surface area contributed by atoms with E-state index in [-0.39, 0.29) is 0 Å². The van der Waals surface area contributed by atoms with Crippen molar-refractivity contribution in [2.45, 2.75) is 12.8 Å². The zero-order valence-corrected chi connectivity index (χ0v) is 11.2. The summed E-state index contributed by atoms with van der Waals surface area (Å²) in [6, 6.07) is 10.4. The fourth-order valence-corrected chi connectivity index (χ4v) is 2.26. The lowest BCUT2D eigenvalue weighted by Gasteiger charge is -2.09. The monoisotopic (exact) mass is 290 g/mol. The van der Waals surface area contributed by atoms with Gasteiger partial charge in [-0.3, -0.25) is 4.98 Å². The summed E-state index contributed by atoms with van der Waals surface area (Å²) in [5.41, 5.74) is 9.28. The SMILES string of the molecule is NCCCc1cnccc1-c1cccc(Br)c1. The fourth-order valence-electron chi connectivity index (χ4n) is 1.86. The molecule has 0 saturated carbocycles. The maximum atomic E-state index is 5.56. The number of rotatable bonds is 4. The maximum absolute atomic E-state index is 5.56. The average Bonchev–Trinajstić information content (AvgIpc) is 2.37. The Morgan fingerprint density at radius 1 is 1.24 bits per heavy atom. The molecule has 3 heteroatoms. The summed E-state index contributed by atoms with van der Waals surface area (Å²) in [5.74, 6) is 0. The van der Waals surface area contributed by atoms with Crippen molar-refractivity contribution >= 4 is 15.9 Å². The van der Waals surface area contributed by atoms with Gasteiger partial charge in [-0.05, 0) is 54.3 Å². The van der Waals surface area contributed by atoms with Crippen LogP contribution in [-0.4, -0.2) is 11.5 Å². The minimum absolute atomic E-state index is 0.715. The summed E-state index contributed by atoms with van der Waals surface area (Å²) in [4.78, 5) is 4.19. The van der Waals surface area contributed by atoms with Crippen LogP contribution in [-0.2, 0) is 6.42 Å². The lowest BCUT2D eigenvalue weighted by molar-refractivity contribution is 0.830. The van der Waals surface area contributed by atoms with Gasteiger partial charge in [0.15, 0.2) is 0 Å². The first-order chi connectivity index (χ1) is 8.31. The zero-order valence-electron chi connectivity index (χ0n) is 9.57. The molecule has 0 amide bonds. The lowest BCUT2D eigenvalue weighted by atomic mass is 9.99. The first-order valence-electron chi connectivity index (χ1n) is 5.70. The van der Waals surface area contributed by atoms with Crippen LogP contribution in [0.4, 0.5) is 0 Å². The lowest BCUT2D eigenvalue weighted by Crippen LogP contribution is -2.01. The Labute approximate surface area is 110 Å². The van der Waals surface area contributed by atoms with Gasteiger partial charge in [-0.2, -0.15) is 0 Å². The normalized spacial score (nSPS) is 10.5. The van der Waals surface area contributed by atoms with Gasteiger partial charge in [0.05, 0.1) is 0 Å². The molecule has 2 aromatic rings. The summed E-state index contributed by atoms with van der Waals surface area (Å²) >= 11 is 3.50. The van der Waals surface area contributed by atoms with Crippen LogP contribution < -0.4 is 5.73 Å². The van der Waals surface area contributed by atoms with Crippen molar-refractivity contribution in [3.8, 4) is 11.1 Å². The first-order valence-corrected chi connectivity index (χ1v) is 6.49. The maximum Gasteiger partial charge on any atom is 0.0306 e. The van der Waals surface area contributed by atoms with Gasteiger partial charge in [-0.1, -0.05) is 28.1 Å². The first kappa shape index (κ1) is 12.3. The minimum atomic E-state index is 0.715. The Hall–Kier alpha value is -1.19. The number of aryl methyl sites for hydroxylation is 1. The van der Waals surface area contributed by atoms with E-state index in [1.165, 1.54) is 16.7 Å². The van der Waals surface area contributed by atoms with Crippen LogP contribution in [0.1, 0.15) is 12.0 Å². The number of hydrogen-bond acceptors (Lipinski definition) is 2. The smallest absolute Gasteiger partial charge is 0.0306 e. The van der Waals surface area contributed by atoms with E-state index in [1.54, 1.807) is 0 Å². The molecule has 0 aliphatic carbocycles. The molecule has 0 unspecified atom stereocenters. The third kappa shape index (κ3) is 3.14. The molecule has 1 aromatic carbocycles. The summed E-state index contributed by atoms with van der Waals surface area (Å²) in [6.07, 6.45) is 5.74. The van der Waals surface area contributed by atoms with Crippen LogP contribution in [0.25, 0.3) is 11.1 Å². The van der Waals surface area contributed by atoms with E-state index in [1.807, 2.05) is 24.5 Å². The number of hydrogen-bond donors (Lipinski definition) is 1. The molecular formula is C14H15BrN2. The van der Waals surface area contributed by atoms with E-state index >= 15 is 0 Å². The minimum Gasteiger partial charge on any atom is -0.330 e. The molecule has 0 radical (unpaired) electrons. The topological polar surface area (TPSA) is 38.9 Å². The number of nitrogens with two attached hydrogens (primary N) is 1. The molecule has 2 nitrogen and oxygen atoms in total. The summed E-state index contributed by atoms with van der Waals surface area (Å²) < 4.78 is 1.09. The number of pyridine rings is 1. The molecule has 0 fully saturated rings. The van der Waals surface area contributed by atoms with Crippen molar-refractivity contribution in [1.29, 1.82) is 0 Å². The number of halogens is 1. The van der Waals surface area contributed by atoms with E-state index < -0.39 is 0 Å². The molecule has 1 aromatic heterocycles. The Morgan fingerprint density at radius 3 is 2.88 bits per heavy atom. The second-order valence-corrected chi connectivity index (χ2v) is 4.85. The van der Waals surface area contributed by atoms with Crippen molar-refractivity contribution in [3.63, 3.8) is 0 Å². The molecule has 1 heterocycles. The molecule has 0 bridgehead atoms. The molecule has 0 spiro atoms. The van der Waals surface area contributed by atoms with Crippen LogP contribution in [0, 0.1) is 0 Å². The van der Waals surface area contributed by atoms with Crippen LogP contribution in [0.2, 0.25) is 0 Å². The molecule has 2 rings (SSSR count). The van der Waals surface area contributed by atoms with E-state index in [4.69, 9.17) is 5.73 Å². The highest BCUT2D eigenvalue weighted by Crippen LogP contribution is 2.26. The highest BCUT2D eigenvalue weighted by molar-refractivity contribution is 9.10. The van der Waals surface area contributed by atoms with Gasteiger partial charge in [-0.25, -0.2) is 0 Å². The molecule has 0 atom stereocenters. The van der Waals surface area contributed by atoms with Gasteiger partial charge in [-0.15, -0.1) is 0 Å². The van der Waals surface area contributed by atoms with E-state index in [9.17, 15) is 0 Å². The second-order valence-electron chi connectivity index (χ2n) is 3.94. The number of aromatic nitrogens is 1. The highest BCUT2D eigenvalue weighted by atomic mass is 79.9. The van der Waals surface area contributed by atoms with Crippen molar-refractivity contribution in [2.24, 2.45) is 5.73 Å². The quantitative estimate of drug-likeness (QED) is 0.937. The molecule has 0 saturated heterocycles. The van der Waals surface area contributed by atoms with Crippen molar-refractivity contribution in [3.05, 3.63) is 52.8 Å². The van der Waals surface area contributed by atoms with Gasteiger partial charge in [0.25, 0.3) is 0 Å². The Bertz CT molecular complexity index is 497. The summed E-state index contributed by atoms with van der Waals surface area (Å²) in [5, 5.41) is 0. The third-order valence-electron chi connectivity index (χ3n) is 2.69. The standard InChI is InChI=1S/C14H15BrN2/c15-13-5-1-3-11(9-13)14-6-8-17-10-12(14)4-2-7-16/h1,3,5-6,8-10H,2,4,7,16H2. The van der Waals surface area contributed by atoms with Gasteiger partial charge in [0.1, 0.15) is 0 Å². The van der Waals surface area contributed by atoms with E-state index in [0.29, 0.717) is 6.54 Å². The van der Waals surface area contributed by atoms with E-state index in [2.05, 4.69) is 39.1 Å². The second kappa shape index (κ2) is 5.94. The highest BCUT2D eigenvalue weighted by Gasteiger charge is 2.04. The molecular weight excluding hydrogens is 276 g/mol. The van der Waals surface area contributed by atoms with Crippen LogP contribution in [0.5, 0.6) is 0 Å². The Balaban J connectivity index is 2.37. The number of nitrogens with zero attached hydrogens (tertiary/aromatic N) is 1. The Morgan fingerprint density at radius 2 is 2.12 bits per heavy atom. The van der Waals surface area contributed by atoms with Crippen molar-refractivity contribution in [1.82, 2.24) is 4.98 Å². The van der Waals surface area contributed by atoms with Crippen LogP contribution >= 0.6 is 15.9 Å². The summed E-state index contributed by atoms with van der Waals surface area (Å²) in [7, 11) is 0. The van der Waals surface area contributed by atoms with Crippen LogP contribution in [0.3, 0.4) is 0 Å². The van der Waals surface area contributed by atoms with Gasteiger partial charge in [0.2, 0.25) is 0 Å². The van der Waals surface area contributed by atoms with Crippen LogP contribution in [0.15, 0.2) is 47.2 Å². The molecule has 0 aliphatic heterocycles. The van der Waals surface area contributed by atoms with Crippen molar-refractivity contribution < 1.29 is 0 Å². The Kier molecular flexibility index (Phi) is 4.29. The third-order valence-corrected chi connectivity index (χ3v) is 3.18. The predicted octanol–water partition coefficient (Wildman–Crippen LogP) is 3.40. The largest absolute Gasteiger partial charge is 0.330 e. The van der Waals surface area contributed by atoms with Gasteiger partial charge in [0, 0.05) is 16.9 Å². The molecule has 2 N–H and O–H groups in total. The van der Waals surface area contributed by atoms with Gasteiger partial charge >= 0.3 is 0 Å². The van der Waals surface area contributed by atoms with Gasteiger partial charge < -0.3 is 5.73 Å². The van der Waals surface area contributed by atoms with E-state index in [0.717, 1.165) is 17.3 Å². The average molecular weight is 291 g/mol. The predicted molar refractivity (Wildman–Crippen MR) is 74.7 cm³/mol. The molecule has 0 aliphatic rings. The fraction of sp³-hybridized carbons (Fsp3) is 0.214. The number of benzene rings is 1.